The summed E-state index contributed by atoms with van der Waals surface area (Å²) < 4.78 is 15.8. The SMILES string of the molecule is COc1ccccc1OCC(=O)Nc1ccc(-c2nc(C)no2)cc1. The van der Waals surface area contributed by atoms with Crippen molar-refractivity contribution in [3.8, 4) is 23.0 Å². The van der Waals surface area contributed by atoms with Crippen molar-refractivity contribution < 1.29 is 18.8 Å². The second-order valence-corrected chi connectivity index (χ2v) is 5.21. The maximum atomic E-state index is 12.0. The fourth-order valence-corrected chi connectivity index (χ4v) is 2.19. The van der Waals surface area contributed by atoms with Gasteiger partial charge in [-0.1, -0.05) is 17.3 Å². The van der Waals surface area contributed by atoms with Gasteiger partial charge in [0.1, 0.15) is 0 Å². The molecule has 0 atom stereocenters. The van der Waals surface area contributed by atoms with Crippen LogP contribution in [0.5, 0.6) is 11.5 Å². The molecule has 3 aromatic rings. The van der Waals surface area contributed by atoms with Crippen LogP contribution in [0, 0.1) is 6.92 Å². The monoisotopic (exact) mass is 339 g/mol. The maximum Gasteiger partial charge on any atom is 0.262 e. The number of hydrogen-bond donors (Lipinski definition) is 1. The fourth-order valence-electron chi connectivity index (χ4n) is 2.19. The molecule has 1 N–H and O–H groups in total. The molecule has 0 aliphatic rings. The molecule has 1 amide bonds. The van der Waals surface area contributed by atoms with Gasteiger partial charge in [0.2, 0.25) is 0 Å². The zero-order valence-corrected chi connectivity index (χ0v) is 13.9. The van der Waals surface area contributed by atoms with E-state index in [1.807, 2.05) is 12.1 Å². The minimum Gasteiger partial charge on any atom is -0.493 e. The van der Waals surface area contributed by atoms with Gasteiger partial charge in [0, 0.05) is 11.3 Å². The number of anilines is 1. The first kappa shape index (κ1) is 16.5. The Hall–Kier alpha value is -3.35. The van der Waals surface area contributed by atoms with Gasteiger partial charge in [0.25, 0.3) is 11.8 Å². The van der Waals surface area contributed by atoms with Gasteiger partial charge in [-0.15, -0.1) is 0 Å². The number of hydrogen-bond acceptors (Lipinski definition) is 6. The molecule has 1 aromatic heterocycles. The van der Waals surface area contributed by atoms with Crippen molar-refractivity contribution in [2.24, 2.45) is 0 Å². The Kier molecular flexibility index (Phi) is 4.94. The molecule has 0 bridgehead atoms. The van der Waals surface area contributed by atoms with E-state index in [-0.39, 0.29) is 12.5 Å². The third-order valence-corrected chi connectivity index (χ3v) is 3.37. The maximum absolute atomic E-state index is 12.0. The lowest BCUT2D eigenvalue weighted by molar-refractivity contribution is -0.118. The van der Waals surface area contributed by atoms with Crippen molar-refractivity contribution in [1.29, 1.82) is 0 Å². The Morgan fingerprint density at radius 3 is 2.48 bits per heavy atom. The van der Waals surface area contributed by atoms with E-state index in [2.05, 4.69) is 15.5 Å². The fraction of sp³-hybridized carbons (Fsp3) is 0.167. The average Bonchev–Trinajstić information content (AvgIpc) is 3.07. The molecule has 1 heterocycles. The quantitative estimate of drug-likeness (QED) is 0.743. The van der Waals surface area contributed by atoms with E-state index in [1.165, 1.54) is 0 Å². The van der Waals surface area contributed by atoms with Gasteiger partial charge >= 0.3 is 0 Å². The highest BCUT2D eigenvalue weighted by Gasteiger charge is 2.09. The molecule has 0 radical (unpaired) electrons. The first-order valence-corrected chi connectivity index (χ1v) is 7.62. The first-order chi connectivity index (χ1) is 12.2. The summed E-state index contributed by atoms with van der Waals surface area (Å²) in [5, 5.41) is 6.51. The number of benzene rings is 2. The summed E-state index contributed by atoms with van der Waals surface area (Å²) in [5.41, 5.74) is 1.43. The Morgan fingerprint density at radius 2 is 1.84 bits per heavy atom. The number of rotatable bonds is 6. The molecule has 2 aromatic carbocycles. The van der Waals surface area contributed by atoms with Gasteiger partial charge in [-0.3, -0.25) is 4.79 Å². The van der Waals surface area contributed by atoms with Crippen molar-refractivity contribution in [2.45, 2.75) is 6.92 Å². The van der Waals surface area contributed by atoms with E-state index < -0.39 is 0 Å². The number of amides is 1. The number of methoxy groups -OCH3 is 1. The van der Waals surface area contributed by atoms with Crippen molar-refractivity contribution in [1.82, 2.24) is 10.1 Å². The van der Waals surface area contributed by atoms with Crippen LogP contribution in [0.3, 0.4) is 0 Å². The lowest BCUT2D eigenvalue weighted by Gasteiger charge is -2.10. The highest BCUT2D eigenvalue weighted by Crippen LogP contribution is 2.25. The number of carbonyl (C=O) groups excluding carboxylic acids is 1. The van der Waals surface area contributed by atoms with Crippen LogP contribution in [0.1, 0.15) is 5.82 Å². The molecule has 25 heavy (non-hydrogen) atoms. The number of carbonyl (C=O) groups is 1. The minimum atomic E-state index is -0.271. The largest absolute Gasteiger partial charge is 0.493 e. The molecule has 7 heteroatoms. The summed E-state index contributed by atoms with van der Waals surface area (Å²) in [6.45, 7) is 1.63. The van der Waals surface area contributed by atoms with Crippen LogP contribution in [0.25, 0.3) is 11.5 Å². The molecule has 3 rings (SSSR count). The van der Waals surface area contributed by atoms with Crippen LogP contribution in [0.4, 0.5) is 5.69 Å². The van der Waals surface area contributed by atoms with E-state index in [4.69, 9.17) is 14.0 Å². The predicted octanol–water partition coefficient (Wildman–Crippen LogP) is 3.07. The van der Waals surface area contributed by atoms with Crippen LogP contribution in [0.15, 0.2) is 53.1 Å². The first-order valence-electron chi connectivity index (χ1n) is 7.62. The summed E-state index contributed by atoms with van der Waals surface area (Å²) in [5.74, 6) is 1.83. The van der Waals surface area contributed by atoms with Crippen molar-refractivity contribution in [3.05, 3.63) is 54.4 Å². The van der Waals surface area contributed by atoms with Gasteiger partial charge in [-0.2, -0.15) is 4.98 Å². The molecule has 7 nitrogen and oxygen atoms in total. The number of nitrogens with zero attached hydrogens (tertiary/aromatic N) is 2. The van der Waals surface area contributed by atoms with Gasteiger partial charge in [-0.05, 0) is 43.3 Å². The third-order valence-electron chi connectivity index (χ3n) is 3.37. The molecule has 0 unspecified atom stereocenters. The predicted molar refractivity (Wildman–Crippen MR) is 91.6 cm³/mol. The van der Waals surface area contributed by atoms with Crippen LogP contribution in [0.2, 0.25) is 0 Å². The molecule has 0 spiro atoms. The van der Waals surface area contributed by atoms with Crippen LogP contribution >= 0.6 is 0 Å². The van der Waals surface area contributed by atoms with E-state index >= 15 is 0 Å². The molecule has 0 aliphatic heterocycles. The van der Waals surface area contributed by atoms with Gasteiger partial charge in [0.05, 0.1) is 7.11 Å². The van der Waals surface area contributed by atoms with E-state index in [1.54, 1.807) is 50.4 Å². The lowest BCUT2D eigenvalue weighted by Crippen LogP contribution is -2.20. The highest BCUT2D eigenvalue weighted by molar-refractivity contribution is 5.92. The number of aromatic nitrogens is 2. The zero-order valence-electron chi connectivity index (χ0n) is 13.9. The van der Waals surface area contributed by atoms with Gasteiger partial charge in [0.15, 0.2) is 23.9 Å². The number of ether oxygens (including phenoxy) is 2. The summed E-state index contributed by atoms with van der Waals surface area (Å²) in [6.07, 6.45) is 0. The van der Waals surface area contributed by atoms with Crippen LogP contribution in [-0.2, 0) is 4.79 Å². The summed E-state index contributed by atoms with van der Waals surface area (Å²) >= 11 is 0. The Labute approximate surface area is 144 Å². The molecule has 0 saturated carbocycles. The van der Waals surface area contributed by atoms with Gasteiger partial charge < -0.3 is 19.3 Å². The molecular weight excluding hydrogens is 322 g/mol. The Bertz CT molecular complexity index is 859. The Balaban J connectivity index is 1.57. The van der Waals surface area contributed by atoms with Crippen molar-refractivity contribution >= 4 is 11.6 Å². The second-order valence-electron chi connectivity index (χ2n) is 5.21. The van der Waals surface area contributed by atoms with Gasteiger partial charge in [-0.25, -0.2) is 0 Å². The van der Waals surface area contributed by atoms with E-state index in [0.29, 0.717) is 28.9 Å². The lowest BCUT2D eigenvalue weighted by atomic mass is 10.2. The molecule has 128 valence electrons. The highest BCUT2D eigenvalue weighted by atomic mass is 16.5. The summed E-state index contributed by atoms with van der Waals surface area (Å²) in [7, 11) is 1.55. The molecule has 0 saturated heterocycles. The number of aryl methyl sites for hydroxylation is 1. The molecule has 0 fully saturated rings. The molecule has 0 aliphatic carbocycles. The average molecular weight is 339 g/mol. The van der Waals surface area contributed by atoms with E-state index in [0.717, 1.165) is 5.56 Å². The van der Waals surface area contributed by atoms with Crippen LogP contribution < -0.4 is 14.8 Å². The van der Waals surface area contributed by atoms with Crippen LogP contribution in [-0.4, -0.2) is 29.8 Å². The standard InChI is InChI=1S/C18H17N3O4/c1-12-19-18(25-21-12)13-7-9-14(10-8-13)20-17(22)11-24-16-6-4-3-5-15(16)23-2/h3-10H,11H2,1-2H3,(H,20,22). The smallest absolute Gasteiger partial charge is 0.262 e. The number of nitrogens with one attached hydrogen (secondary N) is 1. The molecular formula is C18H17N3O4. The minimum absolute atomic E-state index is 0.120. The third kappa shape index (κ3) is 4.14. The van der Waals surface area contributed by atoms with Crippen molar-refractivity contribution in [2.75, 3.05) is 19.0 Å². The topological polar surface area (TPSA) is 86.5 Å². The normalized spacial score (nSPS) is 10.3. The summed E-state index contributed by atoms with van der Waals surface area (Å²) in [6, 6.07) is 14.3. The Morgan fingerprint density at radius 1 is 1.12 bits per heavy atom. The van der Waals surface area contributed by atoms with E-state index in [9.17, 15) is 4.79 Å². The zero-order chi connectivity index (χ0) is 17.6. The summed E-state index contributed by atoms with van der Waals surface area (Å²) in [4.78, 5) is 16.2. The van der Waals surface area contributed by atoms with Crippen molar-refractivity contribution in [3.63, 3.8) is 0 Å². The number of para-hydroxylation sites is 2. The second kappa shape index (κ2) is 7.48.